The van der Waals surface area contributed by atoms with E-state index < -0.39 is 5.54 Å². The second-order valence-corrected chi connectivity index (χ2v) is 10.8. The highest BCUT2D eigenvalue weighted by Gasteiger charge is 2.41. The number of aryl methyl sites for hydroxylation is 2. The van der Waals surface area contributed by atoms with Crippen LogP contribution in [-0.2, 0) is 29.4 Å². The predicted molar refractivity (Wildman–Crippen MR) is 145 cm³/mol. The van der Waals surface area contributed by atoms with Crippen LogP contribution in [0.2, 0.25) is 0 Å². The van der Waals surface area contributed by atoms with E-state index in [0.717, 1.165) is 78.7 Å². The molecule has 11 nitrogen and oxygen atoms in total. The lowest BCUT2D eigenvalue weighted by atomic mass is 9.88. The van der Waals surface area contributed by atoms with Crippen molar-refractivity contribution in [2.24, 2.45) is 18.7 Å². The maximum absolute atomic E-state index is 11.9. The van der Waals surface area contributed by atoms with Crippen LogP contribution in [0.5, 0.6) is 0 Å². The van der Waals surface area contributed by atoms with Gasteiger partial charge in [0.05, 0.1) is 29.8 Å². The van der Waals surface area contributed by atoms with E-state index >= 15 is 0 Å². The summed E-state index contributed by atoms with van der Waals surface area (Å²) < 4.78 is 9.79. The molecular formula is C27H35N9O2. The monoisotopic (exact) mass is 517 g/mol. The van der Waals surface area contributed by atoms with Crippen LogP contribution in [0.3, 0.4) is 0 Å². The summed E-state index contributed by atoms with van der Waals surface area (Å²) in [5.74, 6) is 3.43. The number of carbonyl (C=O) groups excluding carboxylic acids is 1. The molecule has 0 saturated carbocycles. The molecule has 2 N–H and O–H groups in total. The molecule has 2 aliphatic heterocycles. The van der Waals surface area contributed by atoms with Gasteiger partial charge >= 0.3 is 0 Å². The zero-order valence-corrected chi connectivity index (χ0v) is 22.5. The lowest BCUT2D eigenvalue weighted by molar-refractivity contribution is -0.132. The van der Waals surface area contributed by atoms with E-state index in [1.807, 2.05) is 39.1 Å². The topological polar surface area (TPSA) is 120 Å². The summed E-state index contributed by atoms with van der Waals surface area (Å²) in [5.41, 5.74) is 8.51. The van der Waals surface area contributed by atoms with Gasteiger partial charge in [-0.3, -0.25) is 14.3 Å². The van der Waals surface area contributed by atoms with Crippen LogP contribution in [0.15, 0.2) is 24.3 Å². The van der Waals surface area contributed by atoms with Crippen molar-refractivity contribution in [3.05, 3.63) is 35.9 Å². The van der Waals surface area contributed by atoms with Crippen molar-refractivity contribution in [3.8, 4) is 5.95 Å². The summed E-state index contributed by atoms with van der Waals surface area (Å²) in [4.78, 5) is 36.3. The number of para-hydroxylation sites is 2. The summed E-state index contributed by atoms with van der Waals surface area (Å²) in [6.07, 6.45) is 1.56. The first kappa shape index (κ1) is 24.7. The number of hydrogen-bond acceptors (Lipinski definition) is 8. The third-order valence-electron chi connectivity index (χ3n) is 8.06. The van der Waals surface area contributed by atoms with Crippen molar-refractivity contribution in [2.75, 3.05) is 44.3 Å². The van der Waals surface area contributed by atoms with E-state index in [1.54, 1.807) is 0 Å². The minimum absolute atomic E-state index is 0.296. The zero-order valence-electron chi connectivity index (χ0n) is 22.5. The molecule has 6 rings (SSSR count). The number of aromatic nitrogens is 6. The van der Waals surface area contributed by atoms with Crippen LogP contribution in [0.25, 0.3) is 28.1 Å². The van der Waals surface area contributed by atoms with Crippen molar-refractivity contribution >= 4 is 33.9 Å². The van der Waals surface area contributed by atoms with Gasteiger partial charge in [0.15, 0.2) is 17.0 Å². The number of anilines is 1. The third kappa shape index (κ3) is 4.01. The minimum Gasteiger partial charge on any atom is -0.378 e. The fourth-order valence-corrected chi connectivity index (χ4v) is 5.46. The Kier molecular flexibility index (Phi) is 6.07. The molecule has 38 heavy (non-hydrogen) atoms. The summed E-state index contributed by atoms with van der Waals surface area (Å²) in [6.45, 7) is 10.3. The molecule has 1 amide bonds. The number of likely N-dealkylation sites (tertiary alicyclic amines) is 1. The van der Waals surface area contributed by atoms with Crippen LogP contribution in [-0.4, -0.2) is 84.8 Å². The van der Waals surface area contributed by atoms with Gasteiger partial charge in [0.2, 0.25) is 11.9 Å². The molecule has 0 spiro atoms. The molecule has 11 heteroatoms. The fraction of sp³-hybridized carbons (Fsp3) is 0.519. The SMILES string of the molecule is CCc1nc2ccccc2n1-c1nc(N2CCOCC2)c2nc(CC3CN(C(C)(C)C(N)=O)C3)n(C)c2n1. The van der Waals surface area contributed by atoms with E-state index in [1.165, 1.54) is 0 Å². The summed E-state index contributed by atoms with van der Waals surface area (Å²) >= 11 is 0. The van der Waals surface area contributed by atoms with Crippen molar-refractivity contribution < 1.29 is 9.53 Å². The van der Waals surface area contributed by atoms with E-state index in [0.29, 0.717) is 25.1 Å². The standard InChI is InChI=1S/C27H35N9O2/c1-5-20-29-18-8-6-7-9-19(18)36(20)26-31-23-22(24(32-26)34-10-12-38-13-11-34)30-21(33(23)4)14-17-15-35(16-17)27(2,3)25(28)37/h6-9,17H,5,10-16H2,1-4H3,(H2,28,37). The smallest absolute Gasteiger partial charge is 0.239 e. The lowest BCUT2D eigenvalue weighted by Gasteiger charge is -2.47. The number of benzene rings is 1. The van der Waals surface area contributed by atoms with Crippen molar-refractivity contribution in [2.45, 2.75) is 39.2 Å². The van der Waals surface area contributed by atoms with Crippen molar-refractivity contribution in [3.63, 3.8) is 0 Å². The number of morpholine rings is 1. The Morgan fingerprint density at radius 1 is 1.08 bits per heavy atom. The minimum atomic E-state index is -0.642. The first-order valence-electron chi connectivity index (χ1n) is 13.4. The number of nitrogens with two attached hydrogens (primary N) is 1. The largest absolute Gasteiger partial charge is 0.378 e. The molecule has 0 radical (unpaired) electrons. The van der Waals surface area contributed by atoms with Gasteiger partial charge in [-0.2, -0.15) is 9.97 Å². The van der Waals surface area contributed by atoms with E-state index in [2.05, 4.69) is 31.9 Å². The first-order valence-corrected chi connectivity index (χ1v) is 13.4. The molecule has 2 saturated heterocycles. The average molecular weight is 518 g/mol. The van der Waals surface area contributed by atoms with Gasteiger partial charge in [0.1, 0.15) is 11.6 Å². The van der Waals surface area contributed by atoms with Crippen LogP contribution in [0.4, 0.5) is 5.82 Å². The quantitative estimate of drug-likeness (QED) is 0.394. The zero-order chi connectivity index (χ0) is 26.6. The number of ether oxygens (including phenoxy) is 1. The van der Waals surface area contributed by atoms with Gasteiger partial charge in [0, 0.05) is 46.1 Å². The number of amides is 1. The Bertz CT molecular complexity index is 1510. The van der Waals surface area contributed by atoms with Gasteiger partial charge in [-0.1, -0.05) is 19.1 Å². The fourth-order valence-electron chi connectivity index (χ4n) is 5.46. The second kappa shape index (κ2) is 9.32. The van der Waals surface area contributed by atoms with Crippen molar-refractivity contribution in [1.82, 2.24) is 34.0 Å². The summed E-state index contributed by atoms with van der Waals surface area (Å²) in [5, 5.41) is 0. The van der Waals surface area contributed by atoms with Gasteiger partial charge in [-0.15, -0.1) is 0 Å². The average Bonchev–Trinajstić information content (AvgIpc) is 3.43. The number of nitrogens with zero attached hydrogens (tertiary/aromatic N) is 8. The molecule has 0 unspecified atom stereocenters. The molecule has 2 fully saturated rings. The number of hydrogen-bond donors (Lipinski definition) is 1. The molecular weight excluding hydrogens is 482 g/mol. The highest BCUT2D eigenvalue weighted by atomic mass is 16.5. The molecule has 200 valence electrons. The van der Waals surface area contributed by atoms with Crippen LogP contribution >= 0.6 is 0 Å². The Balaban J connectivity index is 1.42. The maximum atomic E-state index is 11.9. The molecule has 3 aromatic heterocycles. The molecule has 1 aromatic carbocycles. The van der Waals surface area contributed by atoms with Crippen LogP contribution in [0, 0.1) is 5.92 Å². The Labute approximate surface area is 221 Å². The van der Waals surface area contributed by atoms with Crippen molar-refractivity contribution in [1.29, 1.82) is 0 Å². The highest BCUT2D eigenvalue weighted by Crippen LogP contribution is 2.31. The van der Waals surface area contributed by atoms with Gasteiger partial charge < -0.3 is 19.9 Å². The highest BCUT2D eigenvalue weighted by molar-refractivity contribution is 5.86. The summed E-state index contributed by atoms with van der Waals surface area (Å²) in [7, 11) is 2.03. The molecule has 4 aromatic rings. The Morgan fingerprint density at radius 3 is 2.53 bits per heavy atom. The number of fused-ring (bicyclic) bond motifs is 2. The normalized spacial score (nSPS) is 17.4. The van der Waals surface area contributed by atoms with E-state index in [9.17, 15) is 4.79 Å². The van der Waals surface area contributed by atoms with Gasteiger partial charge in [-0.05, 0) is 31.9 Å². The Hall–Kier alpha value is -3.57. The maximum Gasteiger partial charge on any atom is 0.239 e. The van der Waals surface area contributed by atoms with Crippen LogP contribution < -0.4 is 10.6 Å². The van der Waals surface area contributed by atoms with Gasteiger partial charge in [-0.25, -0.2) is 9.97 Å². The van der Waals surface area contributed by atoms with Crippen LogP contribution in [0.1, 0.15) is 32.4 Å². The second-order valence-electron chi connectivity index (χ2n) is 10.8. The van der Waals surface area contributed by atoms with E-state index in [4.69, 9.17) is 30.4 Å². The van der Waals surface area contributed by atoms with E-state index in [-0.39, 0.29) is 5.91 Å². The number of primary amides is 1. The molecule has 0 aliphatic carbocycles. The predicted octanol–water partition coefficient (Wildman–Crippen LogP) is 1.84. The number of imidazole rings is 2. The third-order valence-corrected chi connectivity index (χ3v) is 8.06. The van der Waals surface area contributed by atoms with Gasteiger partial charge in [0.25, 0.3) is 0 Å². The first-order chi connectivity index (χ1) is 18.3. The molecule has 0 bridgehead atoms. The molecule has 5 heterocycles. The Morgan fingerprint density at radius 2 is 1.82 bits per heavy atom. The lowest BCUT2D eigenvalue weighted by Crippen LogP contribution is -2.62. The molecule has 2 aliphatic rings. The number of carbonyl (C=O) groups is 1. The molecule has 0 atom stereocenters. The number of rotatable bonds is 7. The summed E-state index contributed by atoms with van der Waals surface area (Å²) in [6, 6.07) is 8.11.